The summed E-state index contributed by atoms with van der Waals surface area (Å²) in [5.41, 5.74) is 0. The van der Waals surface area contributed by atoms with Crippen LogP contribution >= 0.6 is 0 Å². The molecular weight excluding hydrogens is 320 g/mol. The number of likely N-dealkylation sites (N-methyl/N-ethyl adjacent to an activating group) is 1. The fourth-order valence-corrected chi connectivity index (χ4v) is 2.75. The molecule has 7 nitrogen and oxygen atoms in total. The van der Waals surface area contributed by atoms with E-state index in [1.165, 1.54) is 0 Å². The summed E-state index contributed by atoms with van der Waals surface area (Å²) in [5, 5.41) is 3.38. The molecule has 0 aliphatic carbocycles. The topological polar surface area (TPSA) is 70.3 Å². The summed E-state index contributed by atoms with van der Waals surface area (Å²) < 4.78 is 10.9. The fourth-order valence-electron chi connectivity index (χ4n) is 2.75. The normalized spacial score (nSPS) is 17.8. The number of aliphatic imine (C=N–C) groups is 1. The van der Waals surface area contributed by atoms with Crippen molar-refractivity contribution in [2.75, 3.05) is 53.5 Å². The van der Waals surface area contributed by atoms with Crippen LogP contribution in [-0.4, -0.2) is 75.2 Å². The van der Waals surface area contributed by atoms with Gasteiger partial charge < -0.3 is 24.3 Å². The van der Waals surface area contributed by atoms with Crippen LogP contribution in [0.25, 0.3) is 0 Å². The Morgan fingerprint density at radius 3 is 3.04 bits per heavy atom. The molecule has 0 spiro atoms. The van der Waals surface area contributed by atoms with E-state index in [0.29, 0.717) is 5.92 Å². The Kier molecular flexibility index (Phi) is 7.78. The molecule has 25 heavy (non-hydrogen) atoms. The van der Waals surface area contributed by atoms with E-state index in [4.69, 9.17) is 9.15 Å². The maximum atomic E-state index is 11.9. The summed E-state index contributed by atoms with van der Waals surface area (Å²) in [6.45, 7) is 6.25. The summed E-state index contributed by atoms with van der Waals surface area (Å²) in [6, 6.07) is 3.85. The predicted molar refractivity (Wildman–Crippen MR) is 97.6 cm³/mol. The van der Waals surface area contributed by atoms with Gasteiger partial charge in [0.1, 0.15) is 12.3 Å². The lowest BCUT2D eigenvalue weighted by Crippen LogP contribution is -2.42. The molecule has 1 atom stereocenters. The van der Waals surface area contributed by atoms with Gasteiger partial charge in [0.05, 0.1) is 12.9 Å². The first kappa shape index (κ1) is 19.3. The number of hydrogen-bond donors (Lipinski definition) is 1. The minimum atomic E-state index is -0.00426. The van der Waals surface area contributed by atoms with Crippen LogP contribution in [0.3, 0.4) is 0 Å². The molecule has 1 fully saturated rings. The standard InChI is InChI=1S/C18H30N4O3/c1-4-24-14-15-8-10-22(13-15)18(20-12-17(23)21(2)3)19-9-7-16-6-5-11-25-16/h5-6,11,15H,4,7-10,12-14H2,1-3H3,(H,19,20). The molecule has 1 saturated heterocycles. The number of carbonyl (C=O) groups is 1. The maximum Gasteiger partial charge on any atom is 0.243 e. The number of nitrogens with one attached hydrogen (secondary N) is 1. The quantitative estimate of drug-likeness (QED) is 0.564. The van der Waals surface area contributed by atoms with E-state index >= 15 is 0 Å². The van der Waals surface area contributed by atoms with Gasteiger partial charge in [-0.05, 0) is 25.5 Å². The third-order valence-corrected chi connectivity index (χ3v) is 4.24. The third kappa shape index (κ3) is 6.42. The van der Waals surface area contributed by atoms with Crippen molar-refractivity contribution in [2.24, 2.45) is 10.9 Å². The average molecular weight is 350 g/mol. The van der Waals surface area contributed by atoms with Gasteiger partial charge in [-0.3, -0.25) is 4.79 Å². The highest BCUT2D eigenvalue weighted by Gasteiger charge is 2.25. The van der Waals surface area contributed by atoms with E-state index in [-0.39, 0.29) is 12.5 Å². The molecule has 0 aromatic carbocycles. The van der Waals surface area contributed by atoms with Crippen LogP contribution in [0.1, 0.15) is 19.1 Å². The monoisotopic (exact) mass is 350 g/mol. The molecule has 1 N–H and O–H groups in total. The Labute approximate surface area is 150 Å². The van der Waals surface area contributed by atoms with E-state index in [9.17, 15) is 4.79 Å². The highest BCUT2D eigenvalue weighted by atomic mass is 16.5. The number of likely N-dealkylation sites (tertiary alicyclic amines) is 1. The summed E-state index contributed by atoms with van der Waals surface area (Å²) in [7, 11) is 3.49. The van der Waals surface area contributed by atoms with Gasteiger partial charge in [-0.1, -0.05) is 0 Å². The highest BCUT2D eigenvalue weighted by molar-refractivity contribution is 5.85. The molecule has 1 amide bonds. The molecule has 2 heterocycles. The van der Waals surface area contributed by atoms with Crippen LogP contribution in [0.5, 0.6) is 0 Å². The fraction of sp³-hybridized carbons (Fsp3) is 0.667. The maximum absolute atomic E-state index is 11.9. The van der Waals surface area contributed by atoms with Crippen molar-refractivity contribution in [3.63, 3.8) is 0 Å². The average Bonchev–Trinajstić information content (AvgIpc) is 3.27. The molecule has 1 unspecified atom stereocenters. The molecule has 1 aliphatic rings. The van der Waals surface area contributed by atoms with Gasteiger partial charge in [-0.25, -0.2) is 4.99 Å². The van der Waals surface area contributed by atoms with Gasteiger partial charge in [0, 0.05) is 52.7 Å². The van der Waals surface area contributed by atoms with Gasteiger partial charge >= 0.3 is 0 Å². The number of ether oxygens (including phenoxy) is 1. The molecule has 0 radical (unpaired) electrons. The number of carbonyl (C=O) groups excluding carboxylic acids is 1. The number of furan rings is 1. The number of amides is 1. The Morgan fingerprint density at radius 2 is 2.36 bits per heavy atom. The molecule has 1 aromatic heterocycles. The van der Waals surface area contributed by atoms with E-state index < -0.39 is 0 Å². The number of rotatable bonds is 8. The van der Waals surface area contributed by atoms with Crippen molar-refractivity contribution in [3.05, 3.63) is 24.2 Å². The molecule has 7 heteroatoms. The van der Waals surface area contributed by atoms with Crippen LogP contribution < -0.4 is 5.32 Å². The van der Waals surface area contributed by atoms with E-state index in [1.807, 2.05) is 19.1 Å². The minimum Gasteiger partial charge on any atom is -0.469 e. The van der Waals surface area contributed by atoms with Gasteiger partial charge in [-0.2, -0.15) is 0 Å². The Bertz CT molecular complexity index is 543. The predicted octanol–water partition coefficient (Wildman–Crippen LogP) is 1.21. The van der Waals surface area contributed by atoms with Gasteiger partial charge in [0.15, 0.2) is 5.96 Å². The second kappa shape index (κ2) is 10.1. The van der Waals surface area contributed by atoms with E-state index in [1.54, 1.807) is 25.3 Å². The lowest BCUT2D eigenvalue weighted by molar-refractivity contribution is -0.127. The van der Waals surface area contributed by atoms with Gasteiger partial charge in [0.2, 0.25) is 5.91 Å². The Hall–Kier alpha value is -2.02. The molecule has 0 bridgehead atoms. The van der Waals surface area contributed by atoms with Gasteiger partial charge in [-0.15, -0.1) is 0 Å². The zero-order chi connectivity index (χ0) is 18.1. The summed E-state index contributed by atoms with van der Waals surface area (Å²) in [4.78, 5) is 20.2. The largest absolute Gasteiger partial charge is 0.469 e. The lowest BCUT2D eigenvalue weighted by Gasteiger charge is -2.22. The zero-order valence-corrected chi connectivity index (χ0v) is 15.5. The first-order chi connectivity index (χ1) is 12.1. The van der Waals surface area contributed by atoms with E-state index in [2.05, 4.69) is 15.2 Å². The highest BCUT2D eigenvalue weighted by Crippen LogP contribution is 2.16. The first-order valence-corrected chi connectivity index (χ1v) is 8.93. The number of guanidine groups is 1. The second-order valence-corrected chi connectivity index (χ2v) is 6.44. The Balaban J connectivity index is 1.91. The van der Waals surface area contributed by atoms with Gasteiger partial charge in [0.25, 0.3) is 0 Å². The first-order valence-electron chi connectivity index (χ1n) is 8.93. The van der Waals surface area contributed by atoms with E-state index in [0.717, 1.165) is 57.4 Å². The van der Waals surface area contributed by atoms with Crippen molar-refractivity contribution in [2.45, 2.75) is 19.8 Å². The van der Waals surface area contributed by atoms with Crippen molar-refractivity contribution in [1.29, 1.82) is 0 Å². The number of nitrogens with zero attached hydrogens (tertiary/aromatic N) is 3. The number of hydrogen-bond acceptors (Lipinski definition) is 4. The van der Waals surface area contributed by atoms with Crippen molar-refractivity contribution >= 4 is 11.9 Å². The molecule has 1 aromatic rings. The van der Waals surface area contributed by atoms with Crippen LogP contribution in [0.4, 0.5) is 0 Å². The molecule has 1 aliphatic heterocycles. The van der Waals surface area contributed by atoms with Crippen molar-refractivity contribution in [1.82, 2.24) is 15.1 Å². The third-order valence-electron chi connectivity index (χ3n) is 4.24. The smallest absolute Gasteiger partial charge is 0.243 e. The molecule has 140 valence electrons. The molecule has 2 rings (SSSR count). The molecular formula is C18H30N4O3. The zero-order valence-electron chi connectivity index (χ0n) is 15.5. The van der Waals surface area contributed by atoms with Crippen molar-refractivity contribution in [3.8, 4) is 0 Å². The second-order valence-electron chi connectivity index (χ2n) is 6.44. The summed E-state index contributed by atoms with van der Waals surface area (Å²) >= 11 is 0. The summed E-state index contributed by atoms with van der Waals surface area (Å²) in [6.07, 6.45) is 3.54. The summed E-state index contributed by atoms with van der Waals surface area (Å²) in [5.74, 6) is 2.24. The minimum absolute atomic E-state index is 0.00426. The van der Waals surface area contributed by atoms with Crippen molar-refractivity contribution < 1.29 is 13.9 Å². The van der Waals surface area contributed by atoms with Crippen LogP contribution in [-0.2, 0) is 16.0 Å². The van der Waals surface area contributed by atoms with Crippen LogP contribution in [0, 0.1) is 5.92 Å². The Morgan fingerprint density at radius 1 is 1.52 bits per heavy atom. The lowest BCUT2D eigenvalue weighted by atomic mass is 10.1. The van der Waals surface area contributed by atoms with Crippen LogP contribution in [0.2, 0.25) is 0 Å². The SMILES string of the molecule is CCOCC1CCN(C(=NCC(=O)N(C)C)NCCc2ccco2)C1. The molecule has 0 saturated carbocycles. The van der Waals surface area contributed by atoms with Crippen LogP contribution in [0.15, 0.2) is 27.8 Å².